The molecule has 0 aliphatic heterocycles. The Morgan fingerprint density at radius 2 is 2.31 bits per heavy atom. The van der Waals surface area contributed by atoms with Crippen molar-refractivity contribution in [3.8, 4) is 5.75 Å². The van der Waals surface area contributed by atoms with E-state index in [2.05, 4.69) is 10.3 Å². The van der Waals surface area contributed by atoms with Crippen molar-refractivity contribution in [1.29, 1.82) is 0 Å². The maximum Gasteiger partial charge on any atom is 0.267 e. The summed E-state index contributed by atoms with van der Waals surface area (Å²) in [5, 5.41) is 3.67. The van der Waals surface area contributed by atoms with Crippen molar-refractivity contribution < 1.29 is 9.53 Å². The number of benzene rings is 1. The van der Waals surface area contributed by atoms with Gasteiger partial charge in [0, 0.05) is 17.4 Å². The first-order valence-corrected chi connectivity index (χ1v) is 5.20. The molecule has 0 aliphatic carbocycles. The molecule has 84 valence electrons. The van der Waals surface area contributed by atoms with Crippen LogP contribution in [0.2, 0.25) is 0 Å². The lowest BCUT2D eigenvalue weighted by Gasteiger charge is -1.99. The predicted octanol–water partition coefficient (Wildman–Crippen LogP) is 1.93. The van der Waals surface area contributed by atoms with Crippen LogP contribution in [0.25, 0.3) is 10.9 Å². The first-order chi connectivity index (χ1) is 7.76. The molecule has 2 aromatic rings. The zero-order valence-corrected chi connectivity index (χ0v) is 9.33. The third-order valence-corrected chi connectivity index (χ3v) is 2.43. The largest absolute Gasteiger partial charge is 0.496 e. The Labute approximate surface area is 93.6 Å². The topological polar surface area (TPSA) is 54.1 Å². The standard InChI is InChI=1S/C12H14N2O2/c1-3-13-12(15)10-7-8-9(14-10)5-4-6-11(8)16-2/h4-7,14H,3H2,1-2H3,(H,13,15). The normalized spacial score (nSPS) is 10.4. The summed E-state index contributed by atoms with van der Waals surface area (Å²) in [6, 6.07) is 7.48. The second-order valence-corrected chi connectivity index (χ2v) is 3.46. The molecule has 0 unspecified atom stereocenters. The number of nitrogens with one attached hydrogen (secondary N) is 2. The monoisotopic (exact) mass is 218 g/mol. The minimum atomic E-state index is -0.0965. The summed E-state index contributed by atoms with van der Waals surface area (Å²) in [7, 11) is 1.62. The SMILES string of the molecule is CCNC(=O)c1cc2c(OC)cccc2[nH]1. The van der Waals surface area contributed by atoms with Gasteiger partial charge >= 0.3 is 0 Å². The molecule has 0 aliphatic rings. The number of hydrogen-bond acceptors (Lipinski definition) is 2. The van der Waals surface area contributed by atoms with E-state index in [0.29, 0.717) is 12.2 Å². The fourth-order valence-electron chi connectivity index (χ4n) is 1.68. The molecule has 0 spiro atoms. The molecule has 0 bridgehead atoms. The molecule has 1 aromatic heterocycles. The maximum absolute atomic E-state index is 11.6. The lowest BCUT2D eigenvalue weighted by Crippen LogP contribution is -2.22. The molecule has 2 rings (SSSR count). The Morgan fingerprint density at radius 3 is 3.00 bits per heavy atom. The van der Waals surface area contributed by atoms with Crippen molar-refractivity contribution >= 4 is 16.8 Å². The molecule has 4 nitrogen and oxygen atoms in total. The number of ether oxygens (including phenoxy) is 1. The second-order valence-electron chi connectivity index (χ2n) is 3.46. The van der Waals surface area contributed by atoms with Gasteiger partial charge < -0.3 is 15.0 Å². The maximum atomic E-state index is 11.6. The summed E-state index contributed by atoms with van der Waals surface area (Å²) in [4.78, 5) is 14.7. The van der Waals surface area contributed by atoms with Gasteiger partial charge in [-0.05, 0) is 25.1 Å². The molecule has 0 radical (unpaired) electrons. The molecule has 16 heavy (non-hydrogen) atoms. The minimum absolute atomic E-state index is 0.0965. The van der Waals surface area contributed by atoms with E-state index in [4.69, 9.17) is 4.74 Å². The summed E-state index contributed by atoms with van der Waals surface area (Å²) in [6.07, 6.45) is 0. The Bertz CT molecular complexity index is 517. The zero-order valence-electron chi connectivity index (χ0n) is 9.33. The molecular formula is C12H14N2O2. The number of aromatic nitrogens is 1. The van der Waals surface area contributed by atoms with Gasteiger partial charge in [-0.2, -0.15) is 0 Å². The Hall–Kier alpha value is -1.97. The van der Waals surface area contributed by atoms with Crippen LogP contribution in [0.1, 0.15) is 17.4 Å². The lowest BCUT2D eigenvalue weighted by atomic mass is 10.2. The summed E-state index contributed by atoms with van der Waals surface area (Å²) in [5.74, 6) is 0.671. The predicted molar refractivity (Wildman–Crippen MR) is 62.9 cm³/mol. The van der Waals surface area contributed by atoms with Crippen molar-refractivity contribution in [3.63, 3.8) is 0 Å². The Balaban J connectivity index is 2.47. The summed E-state index contributed by atoms with van der Waals surface area (Å²) < 4.78 is 5.23. The van der Waals surface area contributed by atoms with Gasteiger partial charge in [-0.1, -0.05) is 6.07 Å². The first-order valence-electron chi connectivity index (χ1n) is 5.20. The molecule has 2 N–H and O–H groups in total. The number of amides is 1. The molecule has 1 heterocycles. The van der Waals surface area contributed by atoms with Crippen molar-refractivity contribution in [2.45, 2.75) is 6.92 Å². The summed E-state index contributed by atoms with van der Waals surface area (Å²) >= 11 is 0. The van der Waals surface area contributed by atoms with Crippen LogP contribution in [0, 0.1) is 0 Å². The van der Waals surface area contributed by atoms with E-state index >= 15 is 0 Å². The van der Waals surface area contributed by atoms with Crippen molar-refractivity contribution in [1.82, 2.24) is 10.3 Å². The van der Waals surface area contributed by atoms with Crippen LogP contribution >= 0.6 is 0 Å². The number of carbonyl (C=O) groups excluding carboxylic acids is 1. The molecule has 0 fully saturated rings. The van der Waals surface area contributed by atoms with Crippen molar-refractivity contribution in [2.24, 2.45) is 0 Å². The van der Waals surface area contributed by atoms with Gasteiger partial charge in [-0.15, -0.1) is 0 Å². The summed E-state index contributed by atoms with van der Waals surface area (Å²) in [6.45, 7) is 2.51. The second kappa shape index (κ2) is 4.26. The number of methoxy groups -OCH3 is 1. The van der Waals surface area contributed by atoms with Crippen LogP contribution in [0.4, 0.5) is 0 Å². The number of rotatable bonds is 3. The highest BCUT2D eigenvalue weighted by Crippen LogP contribution is 2.25. The fraction of sp³-hybridized carbons (Fsp3) is 0.250. The van der Waals surface area contributed by atoms with Crippen molar-refractivity contribution in [2.75, 3.05) is 13.7 Å². The van der Waals surface area contributed by atoms with Gasteiger partial charge in [0.05, 0.1) is 7.11 Å². The molecule has 4 heteroatoms. The zero-order chi connectivity index (χ0) is 11.5. The van der Waals surface area contributed by atoms with Crippen LogP contribution in [0.15, 0.2) is 24.3 Å². The quantitative estimate of drug-likeness (QED) is 0.827. The highest BCUT2D eigenvalue weighted by atomic mass is 16.5. The molecular weight excluding hydrogens is 204 g/mol. The summed E-state index contributed by atoms with van der Waals surface area (Å²) in [5.41, 5.74) is 1.46. The number of carbonyl (C=O) groups is 1. The fourth-order valence-corrected chi connectivity index (χ4v) is 1.68. The van der Waals surface area contributed by atoms with Gasteiger partial charge in [0.2, 0.25) is 0 Å². The molecule has 1 aromatic carbocycles. The van der Waals surface area contributed by atoms with E-state index < -0.39 is 0 Å². The average molecular weight is 218 g/mol. The van der Waals surface area contributed by atoms with Crippen LogP contribution in [0.3, 0.4) is 0 Å². The number of hydrogen-bond donors (Lipinski definition) is 2. The minimum Gasteiger partial charge on any atom is -0.496 e. The van der Waals surface area contributed by atoms with E-state index in [9.17, 15) is 4.79 Å². The highest BCUT2D eigenvalue weighted by molar-refractivity contribution is 5.99. The van der Waals surface area contributed by atoms with Crippen LogP contribution in [-0.4, -0.2) is 24.5 Å². The van der Waals surface area contributed by atoms with Gasteiger partial charge in [0.25, 0.3) is 5.91 Å². The average Bonchev–Trinajstić information content (AvgIpc) is 2.72. The first kappa shape index (κ1) is 10.5. The van der Waals surface area contributed by atoms with Crippen LogP contribution < -0.4 is 10.1 Å². The third-order valence-electron chi connectivity index (χ3n) is 2.43. The number of H-pyrrole nitrogens is 1. The molecule has 0 atom stereocenters. The molecule has 0 saturated carbocycles. The van der Waals surface area contributed by atoms with E-state index in [1.165, 1.54) is 0 Å². The van der Waals surface area contributed by atoms with E-state index in [1.807, 2.05) is 25.1 Å². The highest BCUT2D eigenvalue weighted by Gasteiger charge is 2.10. The molecule has 0 saturated heterocycles. The van der Waals surface area contributed by atoms with Crippen LogP contribution in [0.5, 0.6) is 5.75 Å². The van der Waals surface area contributed by atoms with E-state index in [-0.39, 0.29) is 5.91 Å². The lowest BCUT2D eigenvalue weighted by molar-refractivity contribution is 0.0951. The smallest absolute Gasteiger partial charge is 0.267 e. The molecule has 1 amide bonds. The van der Waals surface area contributed by atoms with E-state index in [1.54, 1.807) is 13.2 Å². The Morgan fingerprint density at radius 1 is 1.50 bits per heavy atom. The number of fused-ring (bicyclic) bond motifs is 1. The van der Waals surface area contributed by atoms with Crippen molar-refractivity contribution in [3.05, 3.63) is 30.0 Å². The van der Waals surface area contributed by atoms with Gasteiger partial charge in [0.15, 0.2) is 0 Å². The van der Waals surface area contributed by atoms with Gasteiger partial charge in [-0.3, -0.25) is 4.79 Å². The number of aromatic amines is 1. The Kier molecular flexibility index (Phi) is 2.81. The van der Waals surface area contributed by atoms with Crippen LogP contribution in [-0.2, 0) is 0 Å². The van der Waals surface area contributed by atoms with E-state index in [0.717, 1.165) is 16.7 Å². The van der Waals surface area contributed by atoms with Gasteiger partial charge in [0.1, 0.15) is 11.4 Å². The third kappa shape index (κ3) is 1.74. The van der Waals surface area contributed by atoms with Gasteiger partial charge in [-0.25, -0.2) is 0 Å².